The summed E-state index contributed by atoms with van der Waals surface area (Å²) in [7, 11) is -2.46. The van der Waals surface area contributed by atoms with Crippen LogP contribution in [0.5, 0.6) is 5.75 Å². The van der Waals surface area contributed by atoms with E-state index in [0.717, 1.165) is 0 Å². The maximum absolute atomic E-state index is 13.7. The number of aliphatic hydroxyl groups is 1. The summed E-state index contributed by atoms with van der Waals surface area (Å²) in [6.07, 6.45) is -0.745. The minimum atomic E-state index is -3.91. The van der Waals surface area contributed by atoms with E-state index in [4.69, 9.17) is 20.9 Å². The Morgan fingerprint density at radius 3 is 2.52 bits per heavy atom. The first kappa shape index (κ1) is 31.3. The fraction of sp³-hybridized carbons (Fsp3) is 0.393. The molecule has 3 atom stereocenters. The Hall–Kier alpha value is -3.65. The van der Waals surface area contributed by atoms with Gasteiger partial charge in [-0.3, -0.25) is 4.79 Å². The minimum Gasteiger partial charge on any atom is -0.486 e. The van der Waals surface area contributed by atoms with Gasteiger partial charge in [0.25, 0.3) is 5.91 Å². The number of nitrogens with zero attached hydrogens (tertiary/aromatic N) is 3. The Morgan fingerprint density at radius 1 is 1.21 bits per heavy atom. The minimum absolute atomic E-state index is 0.0670. The van der Waals surface area contributed by atoms with E-state index in [1.807, 2.05) is 6.92 Å². The number of rotatable bonds is 8. The number of sulfonamides is 1. The molecule has 0 radical (unpaired) electrons. The molecule has 1 aromatic heterocycles. The first-order valence-corrected chi connectivity index (χ1v) is 15.1. The number of aromatic nitrogens is 1. The van der Waals surface area contributed by atoms with Crippen molar-refractivity contribution in [3.8, 4) is 5.75 Å². The predicted molar refractivity (Wildman–Crippen MR) is 157 cm³/mol. The van der Waals surface area contributed by atoms with Crippen molar-refractivity contribution in [3.63, 3.8) is 0 Å². The molecule has 42 heavy (non-hydrogen) atoms. The molecule has 0 saturated heterocycles. The summed E-state index contributed by atoms with van der Waals surface area (Å²) in [4.78, 5) is 28.3. The van der Waals surface area contributed by atoms with Crippen molar-refractivity contribution in [1.29, 1.82) is 0 Å². The van der Waals surface area contributed by atoms with Crippen LogP contribution in [0.3, 0.4) is 0 Å². The van der Waals surface area contributed by atoms with E-state index in [2.05, 4.69) is 15.8 Å². The van der Waals surface area contributed by atoms with Gasteiger partial charge in [-0.15, -0.1) is 0 Å². The molecule has 2 heterocycles. The lowest BCUT2D eigenvalue weighted by Gasteiger charge is -2.38. The summed E-state index contributed by atoms with van der Waals surface area (Å²) in [6.45, 7) is 6.75. The molecule has 0 bridgehead atoms. The van der Waals surface area contributed by atoms with Crippen LogP contribution in [0.15, 0.2) is 51.9 Å². The van der Waals surface area contributed by atoms with E-state index in [0.29, 0.717) is 22.2 Å². The number of nitrogens with one attached hydrogen (secondary N) is 2. The molecular formula is C28H34ClN5O7S. The Bertz CT molecular complexity index is 1540. The van der Waals surface area contributed by atoms with Gasteiger partial charge in [-0.2, -0.15) is 4.31 Å². The number of aliphatic hydroxyl groups excluding tert-OH is 1. The molecule has 226 valence electrons. The number of anilines is 2. The Morgan fingerprint density at radius 2 is 1.90 bits per heavy atom. The quantitative estimate of drug-likeness (QED) is 0.340. The number of hydrogen-bond donors (Lipinski definition) is 3. The van der Waals surface area contributed by atoms with Gasteiger partial charge in [0.05, 0.1) is 35.3 Å². The molecule has 0 fully saturated rings. The van der Waals surface area contributed by atoms with Crippen LogP contribution >= 0.6 is 11.6 Å². The zero-order valence-corrected chi connectivity index (χ0v) is 25.5. The Labute approximate surface area is 249 Å². The molecule has 4 rings (SSSR count). The predicted octanol–water partition coefficient (Wildman–Crippen LogP) is 4.13. The number of aryl methyl sites for hydroxylation is 2. The van der Waals surface area contributed by atoms with Crippen LogP contribution in [-0.2, 0) is 10.0 Å². The van der Waals surface area contributed by atoms with Gasteiger partial charge >= 0.3 is 6.03 Å². The topological polar surface area (TPSA) is 154 Å². The van der Waals surface area contributed by atoms with Crippen molar-refractivity contribution in [2.75, 3.05) is 37.4 Å². The smallest absolute Gasteiger partial charge is 0.323 e. The van der Waals surface area contributed by atoms with E-state index in [1.54, 1.807) is 39.0 Å². The van der Waals surface area contributed by atoms with Gasteiger partial charge in [0, 0.05) is 24.5 Å². The summed E-state index contributed by atoms with van der Waals surface area (Å²) < 4.78 is 39.4. The van der Waals surface area contributed by atoms with Gasteiger partial charge in [0.1, 0.15) is 17.5 Å². The first-order valence-electron chi connectivity index (χ1n) is 13.3. The molecule has 0 spiro atoms. The highest BCUT2D eigenvalue weighted by molar-refractivity contribution is 7.89. The zero-order chi connectivity index (χ0) is 30.8. The van der Waals surface area contributed by atoms with Gasteiger partial charge in [-0.1, -0.05) is 29.7 Å². The molecule has 3 N–H and O–H groups in total. The lowest BCUT2D eigenvalue weighted by atomic mass is 9.99. The maximum atomic E-state index is 13.7. The molecule has 12 nitrogen and oxygen atoms in total. The van der Waals surface area contributed by atoms with E-state index in [-0.39, 0.29) is 47.5 Å². The number of likely N-dealkylation sites (N-methyl/N-ethyl adjacent to an activating group) is 1. The number of halogens is 1. The highest BCUT2D eigenvalue weighted by atomic mass is 35.5. The summed E-state index contributed by atoms with van der Waals surface area (Å²) in [6, 6.07) is 9.44. The van der Waals surface area contributed by atoms with Gasteiger partial charge in [0.2, 0.25) is 10.0 Å². The number of para-hydroxylation sites is 1. The summed E-state index contributed by atoms with van der Waals surface area (Å²) in [5, 5.41) is 19.6. The standard InChI is InChI=1S/C28H34ClN5O7S/c1-16-13-34(17(2)15-35)27(36)22-7-6-8-23(30-28(37)31-25-18(3)32-41-19(25)4)26(22)40-24(16)14-33(5)42(38,39)21-11-9-20(29)10-12-21/h6-12,16-17,24,35H,13-15H2,1-5H3,(H2,30,31,37)/t16-,17-,24+/m0/s1. The summed E-state index contributed by atoms with van der Waals surface area (Å²) in [5.41, 5.74) is 1.26. The third-order valence-electron chi connectivity index (χ3n) is 7.17. The first-order chi connectivity index (χ1) is 19.8. The number of amides is 3. The largest absolute Gasteiger partial charge is 0.486 e. The van der Waals surface area contributed by atoms with Crippen molar-refractivity contribution >= 4 is 44.9 Å². The molecule has 14 heteroatoms. The van der Waals surface area contributed by atoms with E-state index >= 15 is 0 Å². The second kappa shape index (κ2) is 12.7. The third-order valence-corrected chi connectivity index (χ3v) is 9.26. The van der Waals surface area contributed by atoms with E-state index in [9.17, 15) is 23.1 Å². The van der Waals surface area contributed by atoms with E-state index < -0.39 is 34.1 Å². The number of fused-ring (bicyclic) bond motifs is 1. The summed E-state index contributed by atoms with van der Waals surface area (Å²) in [5.74, 6) is -0.262. The van der Waals surface area contributed by atoms with Crippen molar-refractivity contribution in [2.45, 2.75) is 44.7 Å². The molecule has 3 amide bonds. The van der Waals surface area contributed by atoms with Crippen LogP contribution in [0, 0.1) is 19.8 Å². The van der Waals surface area contributed by atoms with Crippen LogP contribution in [-0.4, -0.2) is 78.7 Å². The number of urea groups is 1. The number of carbonyl (C=O) groups excluding carboxylic acids is 2. The fourth-order valence-electron chi connectivity index (χ4n) is 4.63. The Kier molecular flexibility index (Phi) is 9.46. The monoisotopic (exact) mass is 619 g/mol. The SMILES string of the molecule is Cc1noc(C)c1NC(=O)Nc1cccc2c1O[C@H](CN(C)S(=O)(=O)c1ccc(Cl)cc1)[C@@H](C)CN([C@@H](C)CO)C2=O. The van der Waals surface area contributed by atoms with Crippen LogP contribution in [0.25, 0.3) is 0 Å². The highest BCUT2D eigenvalue weighted by Crippen LogP contribution is 2.35. The second-order valence-electron chi connectivity index (χ2n) is 10.3. The zero-order valence-electron chi connectivity index (χ0n) is 23.9. The van der Waals surface area contributed by atoms with Crippen molar-refractivity contribution in [3.05, 3.63) is 64.5 Å². The van der Waals surface area contributed by atoms with Crippen molar-refractivity contribution in [2.24, 2.45) is 5.92 Å². The van der Waals surface area contributed by atoms with Gasteiger partial charge in [-0.05, 0) is 57.2 Å². The Balaban J connectivity index is 1.70. The molecule has 0 unspecified atom stereocenters. The average molecular weight is 620 g/mol. The molecular weight excluding hydrogens is 586 g/mol. The average Bonchev–Trinajstić information content (AvgIpc) is 3.26. The van der Waals surface area contributed by atoms with Crippen molar-refractivity contribution in [1.82, 2.24) is 14.4 Å². The number of carbonyl (C=O) groups is 2. The molecule has 1 aliphatic rings. The third kappa shape index (κ3) is 6.54. The molecule has 0 aliphatic carbocycles. The molecule has 1 aliphatic heterocycles. The van der Waals surface area contributed by atoms with Gasteiger partial charge < -0.3 is 29.9 Å². The van der Waals surface area contributed by atoms with E-state index in [1.165, 1.54) is 40.5 Å². The normalized spacial score (nSPS) is 18.1. The fourth-order valence-corrected chi connectivity index (χ4v) is 5.94. The maximum Gasteiger partial charge on any atom is 0.323 e. The lowest BCUT2D eigenvalue weighted by Crippen LogP contribution is -2.50. The second-order valence-corrected chi connectivity index (χ2v) is 12.8. The number of hydrogen-bond acceptors (Lipinski definition) is 8. The molecule has 3 aromatic rings. The van der Waals surface area contributed by atoms with Crippen molar-refractivity contribution < 1.29 is 32.4 Å². The highest BCUT2D eigenvalue weighted by Gasteiger charge is 2.36. The number of ether oxygens (including phenoxy) is 1. The molecule has 2 aromatic carbocycles. The number of benzene rings is 2. The van der Waals surface area contributed by atoms with Crippen LogP contribution in [0.1, 0.15) is 35.7 Å². The van der Waals surface area contributed by atoms with Crippen LogP contribution in [0.4, 0.5) is 16.2 Å². The lowest BCUT2D eigenvalue weighted by molar-refractivity contribution is 0.0389. The summed E-state index contributed by atoms with van der Waals surface area (Å²) >= 11 is 5.95. The van der Waals surface area contributed by atoms with Crippen LogP contribution < -0.4 is 15.4 Å². The van der Waals surface area contributed by atoms with Gasteiger partial charge in [-0.25, -0.2) is 13.2 Å². The molecule has 0 saturated carbocycles. The van der Waals surface area contributed by atoms with Gasteiger partial charge in [0.15, 0.2) is 11.5 Å². The van der Waals surface area contributed by atoms with Crippen LogP contribution in [0.2, 0.25) is 5.02 Å².